The van der Waals surface area contributed by atoms with Gasteiger partial charge in [-0.3, -0.25) is 4.90 Å². The number of nitrogens with zero attached hydrogens (tertiary/aromatic N) is 4. The minimum absolute atomic E-state index is 0.311. The van der Waals surface area contributed by atoms with Gasteiger partial charge in [-0.05, 0) is 44.4 Å². The van der Waals surface area contributed by atoms with Gasteiger partial charge < -0.3 is 4.40 Å². The van der Waals surface area contributed by atoms with E-state index in [1.807, 2.05) is 18.3 Å². The Morgan fingerprint density at radius 3 is 2.62 bits per heavy atom. The van der Waals surface area contributed by atoms with Crippen LogP contribution < -0.4 is 0 Å². The molecule has 0 unspecified atom stereocenters. The second kappa shape index (κ2) is 8.57. The quantitative estimate of drug-likeness (QED) is 0.483. The number of aryl methyl sites for hydroxylation is 1. The van der Waals surface area contributed by atoms with Gasteiger partial charge in [-0.15, -0.1) is 0 Å². The van der Waals surface area contributed by atoms with Gasteiger partial charge in [0.2, 0.25) is 0 Å². The van der Waals surface area contributed by atoms with E-state index < -0.39 is 0 Å². The molecule has 0 radical (unpaired) electrons. The van der Waals surface area contributed by atoms with Crippen molar-refractivity contribution < 1.29 is 4.39 Å². The third-order valence-corrected chi connectivity index (χ3v) is 6.24. The van der Waals surface area contributed by atoms with Gasteiger partial charge in [0.25, 0.3) is 0 Å². The van der Waals surface area contributed by atoms with E-state index >= 15 is 0 Å². The molecule has 3 aromatic rings. The molecular formula is C27H25FN4. The van der Waals surface area contributed by atoms with Crippen molar-refractivity contribution in [1.82, 2.24) is 14.3 Å². The lowest BCUT2D eigenvalue weighted by molar-refractivity contribution is 0.287. The third kappa shape index (κ3) is 3.79. The molecule has 0 N–H and O–H groups in total. The van der Waals surface area contributed by atoms with Crippen LogP contribution in [0, 0.1) is 18.3 Å². The lowest BCUT2D eigenvalue weighted by atomic mass is 9.93. The van der Waals surface area contributed by atoms with Gasteiger partial charge in [-0.25, -0.2) is 9.37 Å². The maximum absolute atomic E-state index is 14.8. The zero-order chi connectivity index (χ0) is 22.1. The second-order valence-corrected chi connectivity index (χ2v) is 8.47. The van der Waals surface area contributed by atoms with Crippen LogP contribution in [0.1, 0.15) is 36.1 Å². The first-order valence-electron chi connectivity index (χ1n) is 11.1. The molecule has 0 bridgehead atoms. The van der Waals surface area contributed by atoms with Crippen molar-refractivity contribution in [3.05, 3.63) is 89.0 Å². The zero-order valence-corrected chi connectivity index (χ0v) is 18.2. The number of allylic oxidation sites excluding steroid dienone is 4. The fourth-order valence-electron chi connectivity index (χ4n) is 4.52. The van der Waals surface area contributed by atoms with Crippen molar-refractivity contribution in [1.29, 1.82) is 5.26 Å². The van der Waals surface area contributed by atoms with Crippen LogP contribution in [-0.4, -0.2) is 27.4 Å². The molecule has 5 heteroatoms. The molecule has 2 aliphatic rings. The van der Waals surface area contributed by atoms with Crippen molar-refractivity contribution in [3.8, 4) is 17.3 Å². The summed E-state index contributed by atoms with van der Waals surface area (Å²) in [7, 11) is 0. The fraction of sp³-hybridized carbons (Fsp3) is 0.259. The zero-order valence-electron chi connectivity index (χ0n) is 18.2. The van der Waals surface area contributed by atoms with Crippen LogP contribution in [0.25, 0.3) is 22.5 Å². The topological polar surface area (TPSA) is 44.3 Å². The van der Waals surface area contributed by atoms with Gasteiger partial charge in [-0.2, -0.15) is 5.26 Å². The minimum atomic E-state index is -0.311. The Bertz CT molecular complexity index is 1300. The molecule has 2 aromatic heterocycles. The second-order valence-electron chi connectivity index (χ2n) is 8.47. The maximum atomic E-state index is 14.8. The number of aromatic nitrogens is 2. The van der Waals surface area contributed by atoms with E-state index in [1.54, 1.807) is 6.08 Å². The van der Waals surface area contributed by atoms with Crippen LogP contribution in [0.2, 0.25) is 0 Å². The highest BCUT2D eigenvalue weighted by Crippen LogP contribution is 2.35. The van der Waals surface area contributed by atoms with Gasteiger partial charge in [0, 0.05) is 48.1 Å². The minimum Gasteiger partial charge on any atom is -0.301 e. The Kier molecular flexibility index (Phi) is 5.46. The van der Waals surface area contributed by atoms with Crippen LogP contribution in [0.4, 0.5) is 4.39 Å². The molecule has 4 nitrogen and oxygen atoms in total. The molecule has 1 aromatic carbocycles. The average Bonchev–Trinajstić information content (AvgIpc) is 3.17. The highest BCUT2D eigenvalue weighted by Gasteiger charge is 2.21. The normalized spacial score (nSPS) is 17.0. The summed E-state index contributed by atoms with van der Waals surface area (Å²) >= 11 is 0. The Hall–Kier alpha value is -3.49. The van der Waals surface area contributed by atoms with E-state index in [4.69, 9.17) is 4.98 Å². The van der Waals surface area contributed by atoms with E-state index in [0.717, 1.165) is 54.2 Å². The highest BCUT2D eigenvalue weighted by atomic mass is 19.1. The number of halogens is 1. The molecular weight excluding hydrogens is 399 g/mol. The van der Waals surface area contributed by atoms with Crippen LogP contribution in [0.15, 0.2) is 72.2 Å². The summed E-state index contributed by atoms with van der Waals surface area (Å²) in [6.45, 7) is 4.73. The molecule has 0 atom stereocenters. The number of hydrogen-bond acceptors (Lipinski definition) is 3. The summed E-state index contributed by atoms with van der Waals surface area (Å²) < 4.78 is 16.8. The van der Waals surface area contributed by atoms with Crippen LogP contribution in [0.5, 0.6) is 0 Å². The average molecular weight is 425 g/mol. The first-order chi connectivity index (χ1) is 15.6. The molecule has 0 saturated heterocycles. The van der Waals surface area contributed by atoms with E-state index in [9.17, 15) is 9.65 Å². The predicted molar refractivity (Wildman–Crippen MR) is 125 cm³/mol. The maximum Gasteiger partial charge on any atom is 0.137 e. The molecule has 0 spiro atoms. The molecule has 160 valence electrons. The Labute approximate surface area is 187 Å². The van der Waals surface area contributed by atoms with Crippen molar-refractivity contribution in [2.24, 2.45) is 0 Å². The summed E-state index contributed by atoms with van der Waals surface area (Å²) in [4.78, 5) is 7.35. The molecule has 1 aliphatic carbocycles. The smallest absolute Gasteiger partial charge is 0.137 e. The monoisotopic (exact) mass is 424 g/mol. The number of imidazole rings is 1. The standard InChI is InChI=1S/C27H25FN4/c1-19-8-10-20(11-9-19)27-24(18-31-14-3-2-4-15-31)32-17-22(12-13-25(32)30-27)26-21(16-29)6-5-7-23(26)28/h2-3,7-13,17H,4-6,14-15,18H2,1H3. The lowest BCUT2D eigenvalue weighted by Gasteiger charge is -2.23. The van der Waals surface area contributed by atoms with Gasteiger partial charge in [0.1, 0.15) is 11.5 Å². The van der Waals surface area contributed by atoms with Crippen LogP contribution in [0.3, 0.4) is 0 Å². The molecule has 1 aliphatic heterocycles. The summed E-state index contributed by atoms with van der Waals surface area (Å²) in [5.41, 5.74) is 6.78. The molecule has 5 rings (SSSR count). The fourth-order valence-corrected chi connectivity index (χ4v) is 4.52. The number of rotatable bonds is 4. The molecule has 0 amide bonds. The predicted octanol–water partition coefficient (Wildman–Crippen LogP) is 6.00. The first-order valence-corrected chi connectivity index (χ1v) is 11.1. The summed E-state index contributed by atoms with van der Waals surface area (Å²) in [5.74, 6) is -0.311. The van der Waals surface area contributed by atoms with E-state index in [1.165, 1.54) is 5.56 Å². The summed E-state index contributed by atoms with van der Waals surface area (Å²) in [6.07, 6.45) is 10.1. The largest absolute Gasteiger partial charge is 0.301 e. The number of pyridine rings is 1. The van der Waals surface area contributed by atoms with E-state index in [0.29, 0.717) is 24.0 Å². The van der Waals surface area contributed by atoms with Crippen molar-refractivity contribution in [2.45, 2.75) is 32.7 Å². The Morgan fingerprint density at radius 1 is 1.06 bits per heavy atom. The van der Waals surface area contributed by atoms with Crippen molar-refractivity contribution in [2.75, 3.05) is 13.1 Å². The van der Waals surface area contributed by atoms with Gasteiger partial charge >= 0.3 is 0 Å². The van der Waals surface area contributed by atoms with Crippen LogP contribution >= 0.6 is 0 Å². The summed E-state index contributed by atoms with van der Waals surface area (Å²) in [5, 5.41) is 9.57. The number of nitriles is 1. The van der Waals surface area contributed by atoms with Gasteiger partial charge in [0.05, 0.1) is 17.5 Å². The van der Waals surface area contributed by atoms with Crippen molar-refractivity contribution in [3.63, 3.8) is 0 Å². The SMILES string of the molecule is Cc1ccc(-c2nc3ccc(C4=C(C#N)CCC=C4F)cn3c2CN2CC=CCC2)cc1. The van der Waals surface area contributed by atoms with E-state index in [2.05, 4.69) is 58.7 Å². The lowest BCUT2D eigenvalue weighted by Crippen LogP contribution is -2.27. The molecule has 32 heavy (non-hydrogen) atoms. The number of benzene rings is 1. The Balaban J connectivity index is 1.67. The first kappa shape index (κ1) is 20.4. The molecule has 0 saturated carbocycles. The molecule has 0 fully saturated rings. The van der Waals surface area contributed by atoms with Crippen LogP contribution in [-0.2, 0) is 6.54 Å². The van der Waals surface area contributed by atoms with Gasteiger partial charge in [0.15, 0.2) is 0 Å². The number of hydrogen-bond donors (Lipinski definition) is 0. The highest BCUT2D eigenvalue weighted by molar-refractivity contribution is 5.83. The van der Waals surface area contributed by atoms with Gasteiger partial charge in [-0.1, -0.05) is 42.0 Å². The number of fused-ring (bicyclic) bond motifs is 1. The van der Waals surface area contributed by atoms with Crippen molar-refractivity contribution >= 4 is 11.2 Å². The molecule has 3 heterocycles. The van der Waals surface area contributed by atoms with E-state index in [-0.39, 0.29) is 5.83 Å². The summed E-state index contributed by atoms with van der Waals surface area (Å²) in [6, 6.07) is 14.4. The third-order valence-electron chi connectivity index (χ3n) is 6.24. The Morgan fingerprint density at radius 2 is 1.88 bits per heavy atom.